The molecule has 0 bridgehead atoms. The molecule has 3 aromatic heterocycles. The van der Waals surface area contributed by atoms with Crippen LogP contribution in [-0.2, 0) is 11.3 Å². The number of aromatic nitrogens is 5. The van der Waals surface area contributed by atoms with E-state index in [0.29, 0.717) is 18.9 Å². The Bertz CT molecular complexity index is 968. The van der Waals surface area contributed by atoms with Crippen LogP contribution in [0.1, 0.15) is 29.8 Å². The third-order valence-corrected chi connectivity index (χ3v) is 5.17. The van der Waals surface area contributed by atoms with Gasteiger partial charge in [0, 0.05) is 37.7 Å². The van der Waals surface area contributed by atoms with Crippen LogP contribution in [0.3, 0.4) is 0 Å². The van der Waals surface area contributed by atoms with E-state index in [1.165, 1.54) is 0 Å². The molecule has 3 aromatic rings. The second-order valence-corrected chi connectivity index (χ2v) is 7.45. The van der Waals surface area contributed by atoms with Gasteiger partial charge in [-0.05, 0) is 56.5 Å². The number of carbonyl (C=O) groups excluding carboxylic acids is 1. The van der Waals surface area contributed by atoms with Crippen molar-refractivity contribution < 1.29 is 4.79 Å². The number of hydrogen-bond acceptors (Lipinski definition) is 6. The van der Waals surface area contributed by atoms with Gasteiger partial charge in [-0.15, -0.1) is 10.2 Å². The third-order valence-electron chi connectivity index (χ3n) is 5.17. The Labute approximate surface area is 170 Å². The van der Waals surface area contributed by atoms with Crippen LogP contribution < -0.4 is 10.2 Å². The van der Waals surface area contributed by atoms with Gasteiger partial charge >= 0.3 is 0 Å². The van der Waals surface area contributed by atoms with Crippen LogP contribution in [0, 0.1) is 19.8 Å². The number of anilines is 1. The summed E-state index contributed by atoms with van der Waals surface area (Å²) in [6.07, 6.45) is 5.33. The predicted octanol–water partition coefficient (Wildman–Crippen LogP) is 2.21. The van der Waals surface area contributed by atoms with Gasteiger partial charge in [-0.1, -0.05) is 6.07 Å². The van der Waals surface area contributed by atoms with Gasteiger partial charge in [0.25, 0.3) is 0 Å². The molecule has 0 saturated carbocycles. The van der Waals surface area contributed by atoms with Crippen LogP contribution in [0.2, 0.25) is 0 Å². The number of hydrogen-bond donors (Lipinski definition) is 1. The molecule has 1 N–H and O–H groups in total. The summed E-state index contributed by atoms with van der Waals surface area (Å²) < 4.78 is 1.79. The van der Waals surface area contributed by atoms with Crippen molar-refractivity contribution in [1.82, 2.24) is 30.3 Å². The molecule has 0 aromatic carbocycles. The zero-order valence-electron chi connectivity index (χ0n) is 16.7. The van der Waals surface area contributed by atoms with E-state index in [2.05, 4.69) is 30.5 Å². The van der Waals surface area contributed by atoms with E-state index in [4.69, 9.17) is 0 Å². The van der Waals surface area contributed by atoms with E-state index in [0.717, 1.165) is 42.2 Å². The maximum atomic E-state index is 12.6. The van der Waals surface area contributed by atoms with E-state index in [-0.39, 0.29) is 11.8 Å². The van der Waals surface area contributed by atoms with Crippen molar-refractivity contribution in [1.29, 1.82) is 0 Å². The maximum Gasteiger partial charge on any atom is 0.225 e. The van der Waals surface area contributed by atoms with Gasteiger partial charge < -0.3 is 10.2 Å². The predicted molar refractivity (Wildman–Crippen MR) is 110 cm³/mol. The number of pyridine rings is 1. The van der Waals surface area contributed by atoms with Crippen LogP contribution in [-0.4, -0.2) is 44.0 Å². The number of carbonyl (C=O) groups is 1. The Morgan fingerprint density at radius 1 is 1.21 bits per heavy atom. The Balaban J connectivity index is 1.39. The minimum Gasteiger partial charge on any atom is -0.354 e. The first kappa shape index (κ1) is 19.0. The van der Waals surface area contributed by atoms with Crippen LogP contribution in [0.15, 0.2) is 42.7 Å². The summed E-state index contributed by atoms with van der Waals surface area (Å²) in [5, 5.41) is 16.2. The molecule has 8 nitrogen and oxygen atoms in total. The number of amides is 1. The molecule has 8 heteroatoms. The lowest BCUT2D eigenvalue weighted by Gasteiger charge is -2.32. The molecule has 150 valence electrons. The van der Waals surface area contributed by atoms with E-state index >= 15 is 0 Å². The van der Waals surface area contributed by atoms with Crippen molar-refractivity contribution in [2.45, 2.75) is 33.2 Å². The van der Waals surface area contributed by atoms with Gasteiger partial charge in [0.2, 0.25) is 5.91 Å². The Morgan fingerprint density at radius 2 is 2.03 bits per heavy atom. The van der Waals surface area contributed by atoms with Crippen LogP contribution in [0.5, 0.6) is 0 Å². The fraction of sp³-hybridized carbons (Fsp3) is 0.381. The first-order chi connectivity index (χ1) is 14.1. The Kier molecular flexibility index (Phi) is 5.50. The topological polar surface area (TPSA) is 88.8 Å². The van der Waals surface area contributed by atoms with Gasteiger partial charge in [-0.25, -0.2) is 4.68 Å². The molecular weight excluding hydrogens is 366 g/mol. The van der Waals surface area contributed by atoms with E-state index in [9.17, 15) is 4.79 Å². The lowest BCUT2D eigenvalue weighted by Crippen LogP contribution is -2.43. The fourth-order valence-electron chi connectivity index (χ4n) is 3.70. The molecule has 0 unspecified atom stereocenters. The summed E-state index contributed by atoms with van der Waals surface area (Å²) in [5.41, 5.74) is 2.97. The summed E-state index contributed by atoms with van der Waals surface area (Å²) >= 11 is 0. The normalized spacial score (nSPS) is 16.6. The summed E-state index contributed by atoms with van der Waals surface area (Å²) in [6, 6.07) is 9.72. The van der Waals surface area contributed by atoms with E-state index < -0.39 is 0 Å². The summed E-state index contributed by atoms with van der Waals surface area (Å²) in [7, 11) is 0. The highest BCUT2D eigenvalue weighted by molar-refractivity contribution is 5.79. The Hall–Kier alpha value is -3.29. The van der Waals surface area contributed by atoms with Crippen molar-refractivity contribution in [2.75, 3.05) is 18.0 Å². The third kappa shape index (κ3) is 4.42. The lowest BCUT2D eigenvalue weighted by molar-refractivity contribution is -0.125. The van der Waals surface area contributed by atoms with Crippen LogP contribution in [0.25, 0.3) is 5.82 Å². The van der Waals surface area contributed by atoms with E-state index in [1.54, 1.807) is 17.1 Å². The number of piperidine rings is 1. The highest BCUT2D eigenvalue weighted by Crippen LogP contribution is 2.22. The van der Waals surface area contributed by atoms with Crippen molar-refractivity contribution in [2.24, 2.45) is 5.92 Å². The first-order valence-corrected chi connectivity index (χ1v) is 9.89. The minimum absolute atomic E-state index is 0.0575. The van der Waals surface area contributed by atoms with Gasteiger partial charge in [0.05, 0.1) is 11.6 Å². The number of nitrogens with zero attached hydrogens (tertiary/aromatic N) is 6. The number of aryl methyl sites for hydroxylation is 2. The average Bonchev–Trinajstić information content (AvgIpc) is 3.11. The molecule has 4 rings (SSSR count). The maximum absolute atomic E-state index is 12.6. The molecule has 0 aliphatic carbocycles. The molecule has 1 saturated heterocycles. The average molecular weight is 391 g/mol. The zero-order valence-corrected chi connectivity index (χ0v) is 16.7. The lowest BCUT2D eigenvalue weighted by atomic mass is 9.97. The molecular formula is C21H25N7O. The van der Waals surface area contributed by atoms with Gasteiger partial charge in [-0.2, -0.15) is 5.10 Å². The molecule has 0 radical (unpaired) electrons. The van der Waals surface area contributed by atoms with Crippen molar-refractivity contribution in [3.05, 3.63) is 59.7 Å². The second kappa shape index (κ2) is 8.38. The van der Waals surface area contributed by atoms with Crippen molar-refractivity contribution in [3.63, 3.8) is 0 Å². The highest BCUT2D eigenvalue weighted by atomic mass is 16.1. The summed E-state index contributed by atoms with van der Waals surface area (Å²) in [5.74, 6) is 1.51. The summed E-state index contributed by atoms with van der Waals surface area (Å²) in [6.45, 7) is 5.97. The quantitative estimate of drug-likeness (QED) is 0.717. The Morgan fingerprint density at radius 3 is 2.72 bits per heavy atom. The number of rotatable bonds is 5. The molecule has 1 amide bonds. The smallest absolute Gasteiger partial charge is 0.225 e. The molecule has 1 fully saturated rings. The highest BCUT2D eigenvalue weighted by Gasteiger charge is 2.26. The van der Waals surface area contributed by atoms with E-state index in [1.807, 2.05) is 44.2 Å². The molecule has 1 aliphatic heterocycles. The van der Waals surface area contributed by atoms with Gasteiger partial charge in [0.15, 0.2) is 11.6 Å². The van der Waals surface area contributed by atoms with Gasteiger partial charge in [-0.3, -0.25) is 9.78 Å². The molecule has 1 aliphatic rings. The first-order valence-electron chi connectivity index (χ1n) is 9.89. The monoisotopic (exact) mass is 391 g/mol. The zero-order chi connectivity index (χ0) is 20.2. The molecule has 4 heterocycles. The fourth-order valence-corrected chi connectivity index (χ4v) is 3.70. The van der Waals surface area contributed by atoms with Crippen LogP contribution in [0.4, 0.5) is 5.82 Å². The minimum atomic E-state index is -0.0575. The molecule has 29 heavy (non-hydrogen) atoms. The molecule has 0 spiro atoms. The number of nitrogens with one attached hydrogen (secondary N) is 1. The summed E-state index contributed by atoms with van der Waals surface area (Å²) in [4.78, 5) is 18.8. The molecule has 1 atom stereocenters. The second-order valence-electron chi connectivity index (χ2n) is 7.45. The SMILES string of the molecule is Cc1cc(C)n(-c2ccc(N3CCC[C@H](C(=O)NCc4cccnc4)C3)nn2)n1. The van der Waals surface area contributed by atoms with Crippen molar-refractivity contribution >= 4 is 11.7 Å². The van der Waals surface area contributed by atoms with Gasteiger partial charge in [0.1, 0.15) is 0 Å². The standard InChI is InChI=1S/C21H25N7O/c1-15-11-16(2)28(26-15)20-8-7-19(24-25-20)27-10-4-6-18(14-27)21(29)23-13-17-5-3-9-22-12-17/h3,5,7-9,11-12,18H,4,6,10,13-14H2,1-2H3,(H,23,29)/t18-/m0/s1. The van der Waals surface area contributed by atoms with Crippen LogP contribution >= 0.6 is 0 Å². The largest absolute Gasteiger partial charge is 0.354 e. The van der Waals surface area contributed by atoms with Crippen molar-refractivity contribution in [3.8, 4) is 5.82 Å².